The van der Waals surface area contributed by atoms with Crippen LogP contribution in [0.1, 0.15) is 23.2 Å². The molecule has 6 heteroatoms. The number of aryl methyl sites for hydroxylation is 1. The van der Waals surface area contributed by atoms with E-state index in [1.54, 1.807) is 4.68 Å². The molecule has 2 aliphatic rings. The second-order valence-corrected chi connectivity index (χ2v) is 6.29. The summed E-state index contributed by atoms with van der Waals surface area (Å²) in [7, 11) is 1.85. The number of nitrogens with zero attached hydrogens (tertiary/aromatic N) is 4. The monoisotopic (exact) mass is 285 g/mol. The maximum absolute atomic E-state index is 12.7. The Morgan fingerprint density at radius 3 is 3.00 bits per heavy atom. The number of hydrogen-bond acceptors (Lipinski definition) is 4. The molecule has 0 spiro atoms. The second-order valence-electron chi connectivity index (χ2n) is 6.29. The first-order chi connectivity index (χ1) is 10.1. The smallest absolute Gasteiger partial charge is 0.253 e. The molecule has 3 unspecified atom stereocenters. The van der Waals surface area contributed by atoms with Crippen molar-refractivity contribution in [1.82, 2.24) is 19.9 Å². The fourth-order valence-electron chi connectivity index (χ4n) is 3.83. The van der Waals surface area contributed by atoms with Crippen LogP contribution in [0.4, 0.5) is 0 Å². The number of carbonyl (C=O) groups is 1. The second kappa shape index (κ2) is 4.53. The Morgan fingerprint density at radius 1 is 1.33 bits per heavy atom. The number of aromatic nitrogens is 3. The molecule has 4 rings (SSSR count). The number of fused-ring (bicyclic) bond motifs is 2. The van der Waals surface area contributed by atoms with Crippen molar-refractivity contribution in [2.24, 2.45) is 24.6 Å². The van der Waals surface area contributed by atoms with E-state index >= 15 is 0 Å². The number of benzene rings is 1. The van der Waals surface area contributed by atoms with Gasteiger partial charge in [0.15, 0.2) is 0 Å². The first-order valence-electron chi connectivity index (χ1n) is 7.48. The molecular formula is C15H19N5O. The van der Waals surface area contributed by atoms with Crippen LogP contribution in [0.25, 0.3) is 11.0 Å². The summed E-state index contributed by atoms with van der Waals surface area (Å²) in [5, 5.41) is 8.05. The van der Waals surface area contributed by atoms with E-state index in [1.807, 2.05) is 30.1 Å². The normalized spacial score (nSPS) is 28.3. The third-order valence-electron chi connectivity index (χ3n) is 5.06. The molecule has 110 valence electrons. The zero-order chi connectivity index (χ0) is 14.6. The van der Waals surface area contributed by atoms with Gasteiger partial charge in [-0.2, -0.15) is 0 Å². The van der Waals surface area contributed by atoms with Crippen molar-refractivity contribution in [2.75, 3.05) is 13.1 Å². The standard InChI is InChI=1S/C15H19N5O/c1-19-14-5-3-9(6-13(14)17-18-19)15(21)20-7-10-2-4-12(16)11(10)8-20/h3,5-6,10-12H,2,4,7-8,16H2,1H3. The SMILES string of the molecule is Cn1nnc2cc(C(=O)N3CC4CCC(N)C4C3)ccc21. The van der Waals surface area contributed by atoms with Crippen LogP contribution < -0.4 is 5.73 Å². The van der Waals surface area contributed by atoms with Gasteiger partial charge in [0, 0.05) is 31.7 Å². The number of rotatable bonds is 1. The Morgan fingerprint density at radius 2 is 2.19 bits per heavy atom. The molecule has 0 radical (unpaired) electrons. The van der Waals surface area contributed by atoms with Gasteiger partial charge in [-0.25, -0.2) is 4.68 Å². The molecule has 1 saturated heterocycles. The Labute approximate surface area is 122 Å². The number of hydrogen-bond donors (Lipinski definition) is 1. The summed E-state index contributed by atoms with van der Waals surface area (Å²) in [6.07, 6.45) is 2.25. The molecule has 21 heavy (non-hydrogen) atoms. The van der Waals surface area contributed by atoms with Crippen molar-refractivity contribution in [3.8, 4) is 0 Å². The lowest BCUT2D eigenvalue weighted by atomic mass is 9.98. The van der Waals surface area contributed by atoms with E-state index in [4.69, 9.17) is 5.73 Å². The molecule has 3 atom stereocenters. The Hall–Kier alpha value is -1.95. The summed E-state index contributed by atoms with van der Waals surface area (Å²) in [5.41, 5.74) is 8.53. The average Bonchev–Trinajstić information content (AvgIpc) is 3.15. The summed E-state index contributed by atoms with van der Waals surface area (Å²) in [4.78, 5) is 14.6. The lowest BCUT2D eigenvalue weighted by Gasteiger charge is -2.18. The molecule has 0 bridgehead atoms. The van der Waals surface area contributed by atoms with Gasteiger partial charge in [0.1, 0.15) is 5.52 Å². The van der Waals surface area contributed by atoms with Gasteiger partial charge in [0.25, 0.3) is 5.91 Å². The number of carbonyl (C=O) groups excluding carboxylic acids is 1. The van der Waals surface area contributed by atoms with Crippen LogP contribution in [0, 0.1) is 11.8 Å². The van der Waals surface area contributed by atoms with Crippen molar-refractivity contribution < 1.29 is 4.79 Å². The highest BCUT2D eigenvalue weighted by atomic mass is 16.2. The fraction of sp³-hybridized carbons (Fsp3) is 0.533. The van der Waals surface area contributed by atoms with Crippen molar-refractivity contribution in [2.45, 2.75) is 18.9 Å². The Bertz CT molecular complexity index is 709. The molecule has 2 aromatic rings. The molecule has 1 saturated carbocycles. The highest BCUT2D eigenvalue weighted by Gasteiger charge is 2.42. The molecule has 2 fully saturated rings. The van der Waals surface area contributed by atoms with Gasteiger partial charge < -0.3 is 10.6 Å². The number of likely N-dealkylation sites (tertiary alicyclic amines) is 1. The Balaban J connectivity index is 1.59. The van der Waals surface area contributed by atoms with Gasteiger partial charge in [-0.15, -0.1) is 5.10 Å². The maximum atomic E-state index is 12.7. The predicted octanol–water partition coefficient (Wildman–Crippen LogP) is 0.778. The molecular weight excluding hydrogens is 266 g/mol. The summed E-state index contributed by atoms with van der Waals surface area (Å²) in [5.74, 6) is 1.16. The van der Waals surface area contributed by atoms with Crippen LogP contribution >= 0.6 is 0 Å². The number of amides is 1. The van der Waals surface area contributed by atoms with Crippen LogP contribution in [0.2, 0.25) is 0 Å². The van der Waals surface area contributed by atoms with Crippen LogP contribution in [-0.2, 0) is 7.05 Å². The van der Waals surface area contributed by atoms with E-state index in [2.05, 4.69) is 10.3 Å². The number of nitrogens with two attached hydrogens (primary N) is 1. The summed E-state index contributed by atoms with van der Waals surface area (Å²) < 4.78 is 1.71. The Kier molecular flexibility index (Phi) is 2.75. The molecule has 2 N–H and O–H groups in total. The van der Waals surface area contributed by atoms with Gasteiger partial charge >= 0.3 is 0 Å². The van der Waals surface area contributed by atoms with E-state index in [1.165, 1.54) is 0 Å². The van der Waals surface area contributed by atoms with Crippen molar-refractivity contribution >= 4 is 16.9 Å². The lowest BCUT2D eigenvalue weighted by molar-refractivity contribution is 0.0779. The lowest BCUT2D eigenvalue weighted by Crippen LogP contribution is -2.33. The topological polar surface area (TPSA) is 77.0 Å². The summed E-state index contributed by atoms with van der Waals surface area (Å²) >= 11 is 0. The first kappa shape index (κ1) is 12.8. The molecule has 2 heterocycles. The van der Waals surface area contributed by atoms with Crippen molar-refractivity contribution in [3.05, 3.63) is 23.8 Å². The maximum Gasteiger partial charge on any atom is 0.253 e. The van der Waals surface area contributed by atoms with E-state index in [0.29, 0.717) is 17.4 Å². The largest absolute Gasteiger partial charge is 0.338 e. The highest BCUT2D eigenvalue weighted by Crippen LogP contribution is 2.37. The molecule has 6 nitrogen and oxygen atoms in total. The van der Waals surface area contributed by atoms with Crippen molar-refractivity contribution in [3.63, 3.8) is 0 Å². The molecule has 1 aromatic heterocycles. The third-order valence-corrected chi connectivity index (χ3v) is 5.06. The van der Waals surface area contributed by atoms with Crippen LogP contribution in [0.15, 0.2) is 18.2 Å². The van der Waals surface area contributed by atoms with Gasteiger partial charge in [0.05, 0.1) is 5.52 Å². The summed E-state index contributed by atoms with van der Waals surface area (Å²) in [6.45, 7) is 1.64. The average molecular weight is 285 g/mol. The predicted molar refractivity (Wildman–Crippen MR) is 78.6 cm³/mol. The van der Waals surface area contributed by atoms with Gasteiger partial charge in [-0.05, 0) is 42.9 Å². The zero-order valence-corrected chi connectivity index (χ0v) is 12.1. The summed E-state index contributed by atoms with van der Waals surface area (Å²) in [6, 6.07) is 5.86. The molecule has 1 aromatic carbocycles. The van der Waals surface area contributed by atoms with Gasteiger partial charge in [-0.3, -0.25) is 4.79 Å². The van der Waals surface area contributed by atoms with Crippen molar-refractivity contribution in [1.29, 1.82) is 0 Å². The quantitative estimate of drug-likeness (QED) is 0.840. The van der Waals surface area contributed by atoms with E-state index < -0.39 is 0 Å². The first-order valence-corrected chi connectivity index (χ1v) is 7.48. The molecule has 1 aliphatic heterocycles. The highest BCUT2D eigenvalue weighted by molar-refractivity contribution is 5.97. The van der Waals surface area contributed by atoms with Crippen LogP contribution in [-0.4, -0.2) is 44.9 Å². The minimum absolute atomic E-state index is 0.0872. The van der Waals surface area contributed by atoms with Crippen LogP contribution in [0.5, 0.6) is 0 Å². The molecule has 1 amide bonds. The van der Waals surface area contributed by atoms with E-state index in [0.717, 1.165) is 37.0 Å². The zero-order valence-electron chi connectivity index (χ0n) is 12.1. The fourth-order valence-corrected chi connectivity index (χ4v) is 3.83. The van der Waals surface area contributed by atoms with Crippen LogP contribution in [0.3, 0.4) is 0 Å². The van der Waals surface area contributed by atoms with E-state index in [9.17, 15) is 4.79 Å². The third kappa shape index (κ3) is 1.93. The van der Waals surface area contributed by atoms with Gasteiger partial charge in [-0.1, -0.05) is 5.21 Å². The minimum Gasteiger partial charge on any atom is -0.338 e. The van der Waals surface area contributed by atoms with Gasteiger partial charge in [0.2, 0.25) is 0 Å². The minimum atomic E-state index is 0.0872. The molecule has 1 aliphatic carbocycles. The van der Waals surface area contributed by atoms with E-state index in [-0.39, 0.29) is 11.9 Å².